The Balaban J connectivity index is 2.55. The molecule has 0 unspecified atom stereocenters. The van der Waals surface area contributed by atoms with E-state index in [0.717, 1.165) is 12.1 Å². The van der Waals surface area contributed by atoms with Crippen molar-refractivity contribution in [3.05, 3.63) is 47.3 Å². The molecular formula is C15H21N3. The third-order valence-corrected chi connectivity index (χ3v) is 3.19. The van der Waals surface area contributed by atoms with Crippen LogP contribution in [0, 0.1) is 6.92 Å². The fourth-order valence-corrected chi connectivity index (χ4v) is 2.35. The maximum absolute atomic E-state index is 5.67. The summed E-state index contributed by atoms with van der Waals surface area (Å²) in [6, 6.07) is 8.33. The van der Waals surface area contributed by atoms with Crippen molar-refractivity contribution >= 4 is 0 Å². The highest BCUT2D eigenvalue weighted by atomic mass is 15.3. The number of hydrogen-bond acceptors (Lipinski definition) is 2. The zero-order chi connectivity index (χ0) is 13.1. The third-order valence-electron chi connectivity index (χ3n) is 3.19. The quantitative estimate of drug-likeness (QED) is 0.897. The summed E-state index contributed by atoms with van der Waals surface area (Å²) in [6.07, 6.45) is 2.84. The second-order valence-electron chi connectivity index (χ2n) is 4.95. The average molecular weight is 243 g/mol. The predicted octanol–water partition coefficient (Wildman–Crippen LogP) is 2.81. The van der Waals surface area contributed by atoms with Gasteiger partial charge in [-0.05, 0) is 43.0 Å². The first kappa shape index (κ1) is 12.8. The minimum Gasteiger partial charge on any atom is -0.330 e. The van der Waals surface area contributed by atoms with Gasteiger partial charge in [-0.3, -0.25) is 0 Å². The number of nitrogens with zero attached hydrogens (tertiary/aromatic N) is 2. The molecule has 2 rings (SSSR count). The summed E-state index contributed by atoms with van der Waals surface area (Å²) in [6.45, 7) is 7.18. The molecular weight excluding hydrogens is 222 g/mol. The van der Waals surface area contributed by atoms with Gasteiger partial charge in [-0.25, -0.2) is 4.68 Å². The molecule has 0 saturated carbocycles. The predicted molar refractivity (Wildman–Crippen MR) is 75.1 cm³/mol. The fourth-order valence-electron chi connectivity index (χ4n) is 2.35. The Kier molecular flexibility index (Phi) is 3.82. The first-order valence-electron chi connectivity index (χ1n) is 6.48. The molecule has 2 aromatic rings. The highest BCUT2D eigenvalue weighted by Gasteiger charge is 2.15. The van der Waals surface area contributed by atoms with E-state index in [4.69, 9.17) is 5.73 Å². The van der Waals surface area contributed by atoms with Crippen LogP contribution in [0.15, 0.2) is 30.5 Å². The van der Waals surface area contributed by atoms with Crippen LogP contribution < -0.4 is 5.73 Å². The normalized spacial score (nSPS) is 11.2. The monoisotopic (exact) mass is 243 g/mol. The Labute approximate surface area is 109 Å². The van der Waals surface area contributed by atoms with Crippen molar-refractivity contribution in [1.29, 1.82) is 0 Å². The smallest absolute Gasteiger partial charge is 0.0678 e. The van der Waals surface area contributed by atoms with E-state index < -0.39 is 0 Å². The molecule has 1 aromatic carbocycles. The van der Waals surface area contributed by atoms with E-state index in [-0.39, 0.29) is 0 Å². The lowest BCUT2D eigenvalue weighted by molar-refractivity contribution is 0.721. The van der Waals surface area contributed by atoms with Gasteiger partial charge in [0, 0.05) is 0 Å². The van der Waals surface area contributed by atoms with Crippen molar-refractivity contribution in [2.24, 2.45) is 5.73 Å². The van der Waals surface area contributed by atoms with E-state index in [1.165, 1.54) is 16.8 Å². The number of aryl methyl sites for hydroxylation is 1. The maximum Gasteiger partial charge on any atom is 0.0678 e. The van der Waals surface area contributed by atoms with E-state index in [0.29, 0.717) is 12.5 Å². The van der Waals surface area contributed by atoms with Gasteiger partial charge in [0.2, 0.25) is 0 Å². The molecule has 0 fully saturated rings. The molecule has 0 aliphatic heterocycles. The summed E-state index contributed by atoms with van der Waals surface area (Å²) in [4.78, 5) is 0. The van der Waals surface area contributed by atoms with Gasteiger partial charge in [0.25, 0.3) is 0 Å². The molecule has 1 heterocycles. The Morgan fingerprint density at radius 1 is 1.28 bits per heavy atom. The molecule has 0 aliphatic rings. The minimum absolute atomic E-state index is 0.439. The number of nitrogens with two attached hydrogens (primary N) is 1. The van der Waals surface area contributed by atoms with Crippen LogP contribution in [0.5, 0.6) is 0 Å². The Hall–Kier alpha value is -1.61. The summed E-state index contributed by atoms with van der Waals surface area (Å²) in [5.74, 6) is 0.439. The molecule has 3 heteroatoms. The fraction of sp³-hybridized carbons (Fsp3) is 0.400. The van der Waals surface area contributed by atoms with Crippen LogP contribution in [0.1, 0.15) is 36.6 Å². The number of rotatable bonds is 4. The van der Waals surface area contributed by atoms with Crippen LogP contribution in [0.4, 0.5) is 0 Å². The van der Waals surface area contributed by atoms with Gasteiger partial charge in [-0.15, -0.1) is 0 Å². The molecule has 0 bridgehead atoms. The Bertz CT molecular complexity index is 526. The van der Waals surface area contributed by atoms with Gasteiger partial charge in [0.1, 0.15) is 0 Å². The highest BCUT2D eigenvalue weighted by Crippen LogP contribution is 2.24. The van der Waals surface area contributed by atoms with Crippen LogP contribution in [0.2, 0.25) is 0 Å². The van der Waals surface area contributed by atoms with Crippen LogP contribution in [0.3, 0.4) is 0 Å². The van der Waals surface area contributed by atoms with Crippen LogP contribution >= 0.6 is 0 Å². The SMILES string of the molecule is Cc1ccccc1-n1ncc(CCN)c1C(C)C. The molecule has 3 nitrogen and oxygen atoms in total. The van der Waals surface area contributed by atoms with Crippen LogP contribution in [0.25, 0.3) is 5.69 Å². The van der Waals surface area contributed by atoms with Gasteiger partial charge >= 0.3 is 0 Å². The lowest BCUT2D eigenvalue weighted by Gasteiger charge is -2.14. The molecule has 0 atom stereocenters. The van der Waals surface area contributed by atoms with E-state index in [9.17, 15) is 0 Å². The first-order chi connectivity index (χ1) is 8.65. The second kappa shape index (κ2) is 5.36. The lowest BCUT2D eigenvalue weighted by Crippen LogP contribution is -2.09. The standard InChI is InChI=1S/C15H21N3/c1-11(2)15-13(8-9-16)10-17-18(15)14-7-5-4-6-12(14)3/h4-7,10-11H,8-9,16H2,1-3H3. The van der Waals surface area contributed by atoms with Crippen molar-refractivity contribution in [2.75, 3.05) is 6.54 Å². The van der Waals surface area contributed by atoms with Gasteiger partial charge in [-0.2, -0.15) is 5.10 Å². The maximum atomic E-state index is 5.67. The van der Waals surface area contributed by atoms with Gasteiger partial charge in [-0.1, -0.05) is 32.0 Å². The number of para-hydroxylation sites is 1. The van der Waals surface area contributed by atoms with Gasteiger partial charge < -0.3 is 5.73 Å². The number of aromatic nitrogens is 2. The minimum atomic E-state index is 0.439. The molecule has 0 radical (unpaired) electrons. The van der Waals surface area contributed by atoms with Gasteiger partial charge in [0.05, 0.1) is 17.6 Å². The highest BCUT2D eigenvalue weighted by molar-refractivity contribution is 5.42. The van der Waals surface area contributed by atoms with Crippen molar-refractivity contribution in [3.8, 4) is 5.69 Å². The van der Waals surface area contributed by atoms with Crippen LogP contribution in [-0.4, -0.2) is 16.3 Å². The zero-order valence-corrected chi connectivity index (χ0v) is 11.4. The molecule has 0 spiro atoms. The molecule has 2 N–H and O–H groups in total. The number of hydrogen-bond donors (Lipinski definition) is 1. The largest absolute Gasteiger partial charge is 0.330 e. The van der Waals surface area contributed by atoms with Crippen molar-refractivity contribution in [2.45, 2.75) is 33.1 Å². The molecule has 96 valence electrons. The van der Waals surface area contributed by atoms with E-state index in [2.05, 4.69) is 54.8 Å². The third kappa shape index (κ3) is 2.31. The van der Waals surface area contributed by atoms with Crippen molar-refractivity contribution in [1.82, 2.24) is 9.78 Å². The summed E-state index contributed by atoms with van der Waals surface area (Å²) in [5, 5.41) is 4.55. The van der Waals surface area contributed by atoms with Gasteiger partial charge in [0.15, 0.2) is 0 Å². The molecule has 18 heavy (non-hydrogen) atoms. The Morgan fingerprint density at radius 2 is 2.00 bits per heavy atom. The van der Waals surface area contributed by atoms with E-state index in [1.807, 2.05) is 6.20 Å². The van der Waals surface area contributed by atoms with E-state index >= 15 is 0 Å². The van der Waals surface area contributed by atoms with Crippen LogP contribution in [-0.2, 0) is 6.42 Å². The topological polar surface area (TPSA) is 43.8 Å². The summed E-state index contributed by atoms with van der Waals surface area (Å²) >= 11 is 0. The molecule has 0 saturated heterocycles. The number of benzene rings is 1. The van der Waals surface area contributed by atoms with Crippen molar-refractivity contribution < 1.29 is 0 Å². The van der Waals surface area contributed by atoms with E-state index in [1.54, 1.807) is 0 Å². The Morgan fingerprint density at radius 3 is 2.61 bits per heavy atom. The summed E-state index contributed by atoms with van der Waals surface area (Å²) < 4.78 is 2.06. The average Bonchev–Trinajstić information content (AvgIpc) is 2.74. The second-order valence-corrected chi connectivity index (χ2v) is 4.95. The summed E-state index contributed by atoms with van der Waals surface area (Å²) in [5.41, 5.74) is 10.6. The molecule has 0 aliphatic carbocycles. The zero-order valence-electron chi connectivity index (χ0n) is 11.4. The molecule has 0 amide bonds. The lowest BCUT2D eigenvalue weighted by atomic mass is 10.0. The summed E-state index contributed by atoms with van der Waals surface area (Å²) in [7, 11) is 0. The van der Waals surface area contributed by atoms with Crippen molar-refractivity contribution in [3.63, 3.8) is 0 Å². The first-order valence-corrected chi connectivity index (χ1v) is 6.48. The molecule has 1 aromatic heterocycles.